The number of likely N-dealkylation sites (N-methyl/N-ethyl adjacent to an activating group) is 1. The van der Waals surface area contributed by atoms with Crippen molar-refractivity contribution in [1.29, 1.82) is 0 Å². The third-order valence-electron chi connectivity index (χ3n) is 3.98. The van der Waals surface area contributed by atoms with Gasteiger partial charge in [-0.3, -0.25) is 4.79 Å². The predicted octanol–water partition coefficient (Wildman–Crippen LogP) is 2.53. The molecule has 2 rings (SSSR count). The van der Waals surface area contributed by atoms with Gasteiger partial charge in [0.2, 0.25) is 0 Å². The normalized spacial score (nSPS) is 18.8. The molecule has 1 aromatic rings. The number of nitrogens with one attached hydrogen (secondary N) is 1. The van der Waals surface area contributed by atoms with Crippen LogP contribution >= 0.6 is 0 Å². The molecule has 0 saturated carbocycles. The highest BCUT2D eigenvalue weighted by molar-refractivity contribution is 5.80. The molecule has 0 bridgehead atoms. The summed E-state index contributed by atoms with van der Waals surface area (Å²) in [4.78, 5) is 13.4. The van der Waals surface area contributed by atoms with Gasteiger partial charge < -0.3 is 15.0 Å². The number of rotatable bonds is 5. The number of carbonyl (C=O) groups is 1. The van der Waals surface area contributed by atoms with Crippen molar-refractivity contribution in [2.45, 2.75) is 45.3 Å². The zero-order chi connectivity index (χ0) is 15.4. The van der Waals surface area contributed by atoms with Crippen molar-refractivity contribution in [3.05, 3.63) is 29.3 Å². The van der Waals surface area contributed by atoms with Gasteiger partial charge in [0, 0.05) is 20.1 Å². The number of amides is 1. The molecule has 1 aliphatic carbocycles. The number of hydrogen-bond acceptors (Lipinski definition) is 3. The molecular formula is C17H26N2O2. The van der Waals surface area contributed by atoms with E-state index in [9.17, 15) is 4.79 Å². The molecule has 1 aromatic carbocycles. The van der Waals surface area contributed by atoms with Crippen LogP contribution in [0, 0.1) is 0 Å². The van der Waals surface area contributed by atoms with E-state index in [0.717, 1.165) is 18.7 Å². The van der Waals surface area contributed by atoms with Crippen LogP contribution in [0.1, 0.15) is 43.9 Å². The maximum absolute atomic E-state index is 11.9. The molecule has 1 N–H and O–H groups in total. The van der Waals surface area contributed by atoms with Crippen LogP contribution < -0.4 is 10.1 Å². The molecule has 0 saturated heterocycles. The van der Waals surface area contributed by atoms with Gasteiger partial charge >= 0.3 is 0 Å². The Hall–Kier alpha value is -1.55. The van der Waals surface area contributed by atoms with Crippen LogP contribution in [-0.4, -0.2) is 37.6 Å². The van der Waals surface area contributed by atoms with E-state index >= 15 is 0 Å². The number of nitrogens with zero attached hydrogens (tertiary/aromatic N) is 1. The van der Waals surface area contributed by atoms with Crippen molar-refractivity contribution in [3.63, 3.8) is 0 Å². The van der Waals surface area contributed by atoms with Crippen LogP contribution in [0.5, 0.6) is 5.75 Å². The quantitative estimate of drug-likeness (QED) is 0.906. The summed E-state index contributed by atoms with van der Waals surface area (Å²) in [6.07, 6.45) is 3.02. The Balaban J connectivity index is 2.12. The molecule has 0 aliphatic heterocycles. The second-order valence-corrected chi connectivity index (χ2v) is 5.86. The summed E-state index contributed by atoms with van der Waals surface area (Å²) >= 11 is 0. The van der Waals surface area contributed by atoms with E-state index in [2.05, 4.69) is 24.4 Å². The molecule has 116 valence electrons. The highest BCUT2D eigenvalue weighted by atomic mass is 16.5. The first kappa shape index (κ1) is 15.8. The molecule has 0 fully saturated rings. The topological polar surface area (TPSA) is 41.6 Å². The maximum atomic E-state index is 11.9. The second-order valence-electron chi connectivity index (χ2n) is 5.86. The molecule has 0 spiro atoms. The van der Waals surface area contributed by atoms with Crippen molar-refractivity contribution in [2.75, 3.05) is 20.6 Å². The van der Waals surface area contributed by atoms with Crippen molar-refractivity contribution in [2.24, 2.45) is 0 Å². The molecule has 2 atom stereocenters. The predicted molar refractivity (Wildman–Crippen MR) is 84.6 cm³/mol. The summed E-state index contributed by atoms with van der Waals surface area (Å²) in [7, 11) is 3.49. The monoisotopic (exact) mass is 290 g/mol. The number of benzene rings is 1. The maximum Gasteiger partial charge on any atom is 0.262 e. The van der Waals surface area contributed by atoms with E-state index in [1.165, 1.54) is 24.0 Å². The van der Waals surface area contributed by atoms with Gasteiger partial charge in [-0.15, -0.1) is 0 Å². The molecule has 2 unspecified atom stereocenters. The molecule has 4 nitrogen and oxygen atoms in total. The van der Waals surface area contributed by atoms with Crippen LogP contribution in [0.25, 0.3) is 0 Å². The fourth-order valence-electron chi connectivity index (χ4n) is 2.94. The van der Waals surface area contributed by atoms with E-state index in [-0.39, 0.29) is 5.91 Å². The summed E-state index contributed by atoms with van der Waals surface area (Å²) < 4.78 is 5.79. The Labute approximate surface area is 127 Å². The first-order valence-corrected chi connectivity index (χ1v) is 7.77. The number of carbonyl (C=O) groups excluding carboxylic acids is 1. The third kappa shape index (κ3) is 3.76. The van der Waals surface area contributed by atoms with Crippen LogP contribution in [0.4, 0.5) is 0 Å². The van der Waals surface area contributed by atoms with Gasteiger partial charge in [0.25, 0.3) is 5.91 Å². The standard InChI is InChI=1S/C17H26N2O2/c1-5-18-16-8-6-7-13-11-14(9-10-15(13)16)21-12(2)17(20)19(3)4/h9-12,16,18H,5-8H2,1-4H3. The Morgan fingerprint density at radius 3 is 2.90 bits per heavy atom. The zero-order valence-electron chi connectivity index (χ0n) is 13.5. The summed E-state index contributed by atoms with van der Waals surface area (Å²) in [5, 5.41) is 3.53. The number of ether oxygens (including phenoxy) is 1. The average Bonchev–Trinajstić information content (AvgIpc) is 2.46. The van der Waals surface area contributed by atoms with Gasteiger partial charge in [-0.25, -0.2) is 0 Å². The minimum absolute atomic E-state index is 0.0155. The van der Waals surface area contributed by atoms with E-state index in [4.69, 9.17) is 4.74 Å². The first-order chi connectivity index (χ1) is 10.0. The largest absolute Gasteiger partial charge is 0.481 e. The summed E-state index contributed by atoms with van der Waals surface area (Å²) in [6, 6.07) is 6.67. The highest BCUT2D eigenvalue weighted by Crippen LogP contribution is 2.32. The summed E-state index contributed by atoms with van der Waals surface area (Å²) in [5.74, 6) is 0.770. The van der Waals surface area contributed by atoms with Crippen LogP contribution in [0.15, 0.2) is 18.2 Å². The molecule has 4 heteroatoms. The molecule has 21 heavy (non-hydrogen) atoms. The first-order valence-electron chi connectivity index (χ1n) is 7.77. The van der Waals surface area contributed by atoms with E-state index in [1.807, 2.05) is 6.07 Å². The Morgan fingerprint density at radius 2 is 2.24 bits per heavy atom. The highest BCUT2D eigenvalue weighted by Gasteiger charge is 2.21. The SMILES string of the molecule is CCNC1CCCc2cc(OC(C)C(=O)N(C)C)ccc21. The van der Waals surface area contributed by atoms with Crippen molar-refractivity contribution in [3.8, 4) is 5.75 Å². The minimum atomic E-state index is -0.453. The summed E-state index contributed by atoms with van der Waals surface area (Å²) in [6.45, 7) is 4.92. The molecule has 1 amide bonds. The zero-order valence-corrected chi connectivity index (χ0v) is 13.5. The number of fused-ring (bicyclic) bond motifs is 1. The van der Waals surface area contributed by atoms with E-state index in [1.54, 1.807) is 25.9 Å². The van der Waals surface area contributed by atoms with Crippen LogP contribution in [0.3, 0.4) is 0 Å². The molecule has 0 radical (unpaired) electrons. The lowest BCUT2D eigenvalue weighted by Crippen LogP contribution is -2.35. The Morgan fingerprint density at radius 1 is 1.48 bits per heavy atom. The van der Waals surface area contributed by atoms with Crippen molar-refractivity contribution < 1.29 is 9.53 Å². The second kappa shape index (κ2) is 6.94. The van der Waals surface area contributed by atoms with Gasteiger partial charge in [-0.1, -0.05) is 13.0 Å². The van der Waals surface area contributed by atoms with Crippen molar-refractivity contribution in [1.82, 2.24) is 10.2 Å². The lowest BCUT2D eigenvalue weighted by molar-refractivity contribution is -0.135. The van der Waals surface area contributed by atoms with E-state index in [0.29, 0.717) is 6.04 Å². The van der Waals surface area contributed by atoms with Crippen molar-refractivity contribution >= 4 is 5.91 Å². The fraction of sp³-hybridized carbons (Fsp3) is 0.588. The molecule has 0 heterocycles. The van der Waals surface area contributed by atoms with Gasteiger partial charge in [0.1, 0.15) is 5.75 Å². The van der Waals surface area contributed by atoms with Crippen LogP contribution in [0.2, 0.25) is 0 Å². The van der Waals surface area contributed by atoms with Gasteiger partial charge in [-0.05, 0) is 56.0 Å². The summed E-state index contributed by atoms with van der Waals surface area (Å²) in [5.41, 5.74) is 2.72. The van der Waals surface area contributed by atoms with Gasteiger partial charge in [-0.2, -0.15) is 0 Å². The average molecular weight is 290 g/mol. The Kier molecular flexibility index (Phi) is 5.23. The number of aryl methyl sites for hydroxylation is 1. The number of hydrogen-bond donors (Lipinski definition) is 1. The molecule has 0 aromatic heterocycles. The fourth-order valence-corrected chi connectivity index (χ4v) is 2.94. The lowest BCUT2D eigenvalue weighted by Gasteiger charge is -2.27. The molecular weight excluding hydrogens is 264 g/mol. The molecule has 1 aliphatic rings. The van der Waals surface area contributed by atoms with E-state index < -0.39 is 6.10 Å². The lowest BCUT2D eigenvalue weighted by atomic mass is 9.87. The van der Waals surface area contributed by atoms with Gasteiger partial charge in [0.15, 0.2) is 6.10 Å². The Bertz CT molecular complexity index is 500. The third-order valence-corrected chi connectivity index (χ3v) is 3.98. The smallest absolute Gasteiger partial charge is 0.262 e. The van der Waals surface area contributed by atoms with Gasteiger partial charge in [0.05, 0.1) is 0 Å². The minimum Gasteiger partial charge on any atom is -0.481 e. The van der Waals surface area contributed by atoms with Crippen LogP contribution in [-0.2, 0) is 11.2 Å².